The Morgan fingerprint density at radius 3 is 2.47 bits per heavy atom. The van der Waals surface area contributed by atoms with Crippen molar-refractivity contribution in [3.05, 3.63) is 0 Å². The third kappa shape index (κ3) is 3.45. The first-order chi connectivity index (χ1) is 8.96. The lowest BCUT2D eigenvalue weighted by atomic mass is 10.1. The quantitative estimate of drug-likeness (QED) is 0.705. The zero-order valence-electron chi connectivity index (χ0n) is 12.1. The van der Waals surface area contributed by atoms with E-state index in [9.17, 15) is 14.7 Å². The number of carbonyl (C=O) groups excluding carboxylic acids is 2. The van der Waals surface area contributed by atoms with Crippen LogP contribution in [-0.4, -0.2) is 71.7 Å². The minimum atomic E-state index is -0.587. The average molecular weight is 272 g/mol. The van der Waals surface area contributed by atoms with E-state index in [1.54, 1.807) is 16.7 Å². The monoisotopic (exact) mass is 272 g/mol. The van der Waals surface area contributed by atoms with Crippen molar-refractivity contribution in [1.29, 1.82) is 0 Å². The summed E-state index contributed by atoms with van der Waals surface area (Å²) in [7, 11) is 1.32. The summed E-state index contributed by atoms with van der Waals surface area (Å²) in [5, 5.41) is 9.72. The van der Waals surface area contributed by atoms with Gasteiger partial charge in [0.2, 0.25) is 5.91 Å². The molecule has 6 heteroatoms. The van der Waals surface area contributed by atoms with E-state index < -0.39 is 24.2 Å². The Morgan fingerprint density at radius 2 is 2.00 bits per heavy atom. The van der Waals surface area contributed by atoms with Gasteiger partial charge in [0.1, 0.15) is 6.04 Å². The van der Waals surface area contributed by atoms with Crippen LogP contribution in [-0.2, 0) is 14.3 Å². The Morgan fingerprint density at radius 1 is 1.42 bits per heavy atom. The SMILES string of the molecule is CCN(CC)C(=O)C(C)N1CC(O)CC1C(=O)OC. The number of methoxy groups -OCH3 is 1. The molecule has 1 aliphatic rings. The fourth-order valence-electron chi connectivity index (χ4n) is 2.58. The highest BCUT2D eigenvalue weighted by Crippen LogP contribution is 2.22. The molecule has 19 heavy (non-hydrogen) atoms. The molecule has 1 N–H and O–H groups in total. The van der Waals surface area contributed by atoms with Gasteiger partial charge in [-0.05, 0) is 20.8 Å². The molecule has 110 valence electrons. The fourth-order valence-corrected chi connectivity index (χ4v) is 2.58. The fraction of sp³-hybridized carbons (Fsp3) is 0.846. The van der Waals surface area contributed by atoms with Gasteiger partial charge < -0.3 is 14.7 Å². The average Bonchev–Trinajstić information content (AvgIpc) is 2.80. The number of hydrogen-bond acceptors (Lipinski definition) is 5. The smallest absolute Gasteiger partial charge is 0.323 e. The molecule has 1 rings (SSSR count). The molecule has 1 fully saturated rings. The number of nitrogens with zero attached hydrogens (tertiary/aromatic N) is 2. The third-order valence-corrected chi connectivity index (χ3v) is 3.72. The summed E-state index contributed by atoms with van der Waals surface area (Å²) in [6.45, 7) is 7.22. The van der Waals surface area contributed by atoms with E-state index >= 15 is 0 Å². The number of amides is 1. The molecule has 1 aliphatic heterocycles. The highest BCUT2D eigenvalue weighted by atomic mass is 16.5. The lowest BCUT2D eigenvalue weighted by Gasteiger charge is -2.31. The molecular weight excluding hydrogens is 248 g/mol. The second-order valence-electron chi connectivity index (χ2n) is 4.81. The lowest BCUT2D eigenvalue weighted by molar-refractivity contribution is -0.148. The van der Waals surface area contributed by atoms with Crippen molar-refractivity contribution in [2.75, 3.05) is 26.7 Å². The summed E-state index contributed by atoms with van der Waals surface area (Å²) in [5.41, 5.74) is 0. The molecule has 0 aromatic heterocycles. The number of likely N-dealkylation sites (N-methyl/N-ethyl adjacent to an activating group) is 1. The minimum absolute atomic E-state index is 0.0204. The zero-order valence-corrected chi connectivity index (χ0v) is 12.1. The van der Waals surface area contributed by atoms with Crippen molar-refractivity contribution < 1.29 is 19.4 Å². The molecule has 0 bridgehead atoms. The van der Waals surface area contributed by atoms with Gasteiger partial charge >= 0.3 is 5.97 Å². The molecule has 6 nitrogen and oxygen atoms in total. The molecular formula is C13H24N2O4. The van der Waals surface area contributed by atoms with Gasteiger partial charge in [-0.1, -0.05) is 0 Å². The Bertz CT molecular complexity index is 331. The predicted molar refractivity (Wildman–Crippen MR) is 70.5 cm³/mol. The van der Waals surface area contributed by atoms with Crippen LogP contribution in [0.3, 0.4) is 0 Å². The van der Waals surface area contributed by atoms with Crippen LogP contribution in [0.15, 0.2) is 0 Å². The van der Waals surface area contributed by atoms with E-state index in [0.717, 1.165) is 0 Å². The highest BCUT2D eigenvalue weighted by molar-refractivity contribution is 5.83. The van der Waals surface area contributed by atoms with Gasteiger partial charge in [-0.25, -0.2) is 0 Å². The van der Waals surface area contributed by atoms with E-state index in [-0.39, 0.29) is 5.91 Å². The van der Waals surface area contributed by atoms with Crippen LogP contribution in [0.1, 0.15) is 27.2 Å². The largest absolute Gasteiger partial charge is 0.468 e. The van der Waals surface area contributed by atoms with Crippen molar-refractivity contribution in [3.63, 3.8) is 0 Å². The number of esters is 1. The molecule has 1 heterocycles. The molecule has 1 saturated heterocycles. The minimum Gasteiger partial charge on any atom is -0.468 e. The van der Waals surface area contributed by atoms with Gasteiger partial charge in [-0.3, -0.25) is 14.5 Å². The van der Waals surface area contributed by atoms with Crippen molar-refractivity contribution in [1.82, 2.24) is 9.80 Å². The molecule has 3 unspecified atom stereocenters. The summed E-state index contributed by atoms with van der Waals surface area (Å²) < 4.78 is 4.74. The van der Waals surface area contributed by atoms with Gasteiger partial charge in [0.15, 0.2) is 0 Å². The van der Waals surface area contributed by atoms with Gasteiger partial charge in [-0.15, -0.1) is 0 Å². The van der Waals surface area contributed by atoms with Crippen LogP contribution in [0.4, 0.5) is 0 Å². The Labute approximate surface area is 114 Å². The summed E-state index contributed by atoms with van der Waals surface area (Å²) in [4.78, 5) is 27.5. The van der Waals surface area contributed by atoms with Gasteiger partial charge in [0, 0.05) is 26.1 Å². The van der Waals surface area contributed by atoms with Crippen LogP contribution in [0, 0.1) is 0 Å². The Balaban J connectivity index is 2.81. The highest BCUT2D eigenvalue weighted by Gasteiger charge is 2.41. The topological polar surface area (TPSA) is 70.1 Å². The summed E-state index contributed by atoms with van der Waals surface area (Å²) >= 11 is 0. The van der Waals surface area contributed by atoms with E-state index in [1.165, 1.54) is 7.11 Å². The third-order valence-electron chi connectivity index (χ3n) is 3.72. The van der Waals surface area contributed by atoms with E-state index in [0.29, 0.717) is 26.1 Å². The number of β-amino-alcohol motifs (C(OH)–C–C–N with tert-alkyl or cyclic N) is 1. The number of likely N-dealkylation sites (tertiary alicyclic amines) is 1. The molecule has 0 aromatic rings. The Hall–Kier alpha value is -1.14. The maximum absolute atomic E-state index is 12.3. The lowest BCUT2D eigenvalue weighted by Crippen LogP contribution is -2.51. The Kier molecular flexibility index (Phi) is 5.75. The van der Waals surface area contributed by atoms with Crippen LogP contribution in [0.5, 0.6) is 0 Å². The number of aliphatic hydroxyl groups excluding tert-OH is 1. The predicted octanol–water partition coefficient (Wildman–Crippen LogP) is -0.148. The summed E-state index contributed by atoms with van der Waals surface area (Å²) in [6, 6.07) is -0.962. The molecule has 0 spiro atoms. The van der Waals surface area contributed by atoms with Crippen molar-refractivity contribution in [3.8, 4) is 0 Å². The van der Waals surface area contributed by atoms with Crippen LogP contribution >= 0.6 is 0 Å². The molecule has 0 radical (unpaired) electrons. The normalized spacial score (nSPS) is 25.1. The summed E-state index contributed by atoms with van der Waals surface area (Å²) in [6.07, 6.45) is -0.265. The second-order valence-corrected chi connectivity index (χ2v) is 4.81. The maximum atomic E-state index is 12.3. The number of carbonyl (C=O) groups is 2. The van der Waals surface area contributed by atoms with Crippen LogP contribution < -0.4 is 0 Å². The first-order valence-corrected chi connectivity index (χ1v) is 6.76. The van der Waals surface area contributed by atoms with Crippen molar-refractivity contribution in [2.24, 2.45) is 0 Å². The first kappa shape index (κ1) is 15.9. The van der Waals surface area contributed by atoms with E-state index in [2.05, 4.69) is 0 Å². The molecule has 0 aliphatic carbocycles. The molecule has 3 atom stereocenters. The van der Waals surface area contributed by atoms with E-state index in [1.807, 2.05) is 13.8 Å². The first-order valence-electron chi connectivity index (χ1n) is 6.76. The number of hydrogen-bond donors (Lipinski definition) is 1. The zero-order chi connectivity index (χ0) is 14.6. The number of aliphatic hydroxyl groups is 1. The maximum Gasteiger partial charge on any atom is 0.323 e. The van der Waals surface area contributed by atoms with Gasteiger partial charge in [0.05, 0.1) is 19.3 Å². The van der Waals surface area contributed by atoms with Crippen LogP contribution in [0.2, 0.25) is 0 Å². The van der Waals surface area contributed by atoms with Crippen molar-refractivity contribution >= 4 is 11.9 Å². The standard InChI is InChI=1S/C13H24N2O4/c1-5-14(6-2)12(17)9(3)15-8-10(16)7-11(15)13(18)19-4/h9-11,16H,5-8H2,1-4H3. The number of ether oxygens (including phenoxy) is 1. The molecule has 0 aromatic carbocycles. The van der Waals surface area contributed by atoms with Gasteiger partial charge in [0.25, 0.3) is 0 Å². The van der Waals surface area contributed by atoms with Gasteiger partial charge in [-0.2, -0.15) is 0 Å². The number of rotatable bonds is 5. The second kappa shape index (κ2) is 6.86. The summed E-state index contributed by atoms with van der Waals surface area (Å²) in [5.74, 6) is -0.413. The molecule has 1 amide bonds. The van der Waals surface area contributed by atoms with Crippen LogP contribution in [0.25, 0.3) is 0 Å². The van der Waals surface area contributed by atoms with Crippen molar-refractivity contribution in [2.45, 2.75) is 45.4 Å². The van der Waals surface area contributed by atoms with E-state index in [4.69, 9.17) is 4.74 Å². The molecule has 0 saturated carbocycles.